The van der Waals surface area contributed by atoms with Crippen molar-refractivity contribution in [2.75, 3.05) is 6.61 Å². The molecular weight excluding hydrogens is 337 g/mol. The summed E-state index contributed by atoms with van der Waals surface area (Å²) in [6.45, 7) is 0.792. The van der Waals surface area contributed by atoms with Gasteiger partial charge in [0.05, 0.1) is 17.1 Å². The van der Waals surface area contributed by atoms with Gasteiger partial charge in [0.25, 0.3) is 5.91 Å². The number of rotatable bonds is 5. The van der Waals surface area contributed by atoms with Crippen LogP contribution in [-0.2, 0) is 6.54 Å². The smallest absolute Gasteiger partial charge is 0.293 e. The van der Waals surface area contributed by atoms with E-state index in [-0.39, 0.29) is 10.7 Å². The second-order valence-electron chi connectivity index (χ2n) is 5.00. The summed E-state index contributed by atoms with van der Waals surface area (Å²) in [6.07, 6.45) is 3.39. The highest BCUT2D eigenvalue weighted by Gasteiger charge is 2.10. The summed E-state index contributed by atoms with van der Waals surface area (Å²) in [7, 11) is 0. The lowest BCUT2D eigenvalue weighted by Gasteiger charge is -2.10. The summed E-state index contributed by atoms with van der Waals surface area (Å²) in [5.74, 6) is -0.707. The maximum atomic E-state index is 13.0. The molecule has 0 spiro atoms. The summed E-state index contributed by atoms with van der Waals surface area (Å²) < 4.78 is 20.4. The van der Waals surface area contributed by atoms with Crippen molar-refractivity contribution in [1.29, 1.82) is 0 Å². The topological polar surface area (TPSA) is 76.4 Å². The molecule has 0 radical (unpaired) electrons. The van der Waals surface area contributed by atoms with Gasteiger partial charge in [-0.05, 0) is 30.3 Å². The molecule has 1 aromatic carbocycles. The van der Waals surface area contributed by atoms with E-state index >= 15 is 0 Å². The van der Waals surface area contributed by atoms with Gasteiger partial charge in [-0.1, -0.05) is 11.6 Å². The summed E-state index contributed by atoms with van der Waals surface area (Å²) in [4.78, 5) is 15.4. The van der Waals surface area contributed by atoms with Gasteiger partial charge in [0.15, 0.2) is 0 Å². The number of pyridine rings is 1. The van der Waals surface area contributed by atoms with E-state index in [1.807, 2.05) is 16.8 Å². The summed E-state index contributed by atoms with van der Waals surface area (Å²) in [5.41, 5.74) is 2.43. The SMILES string of the molecule is O=C(NO)c1cc2c(ccn2CCOc2ccc(F)cc2Cl)cn1. The van der Waals surface area contributed by atoms with E-state index in [0.29, 0.717) is 18.9 Å². The molecule has 1 amide bonds. The Balaban J connectivity index is 1.74. The second-order valence-corrected chi connectivity index (χ2v) is 5.41. The van der Waals surface area contributed by atoms with E-state index in [9.17, 15) is 9.18 Å². The zero-order chi connectivity index (χ0) is 17.1. The molecule has 0 saturated heterocycles. The van der Waals surface area contributed by atoms with Crippen LogP contribution < -0.4 is 10.2 Å². The quantitative estimate of drug-likeness (QED) is 0.548. The van der Waals surface area contributed by atoms with Crippen LogP contribution in [0.5, 0.6) is 5.75 Å². The number of nitrogens with one attached hydrogen (secondary N) is 1. The number of fused-ring (bicyclic) bond motifs is 1. The number of ether oxygens (including phenoxy) is 1. The first-order chi connectivity index (χ1) is 11.6. The normalized spacial score (nSPS) is 10.8. The zero-order valence-corrected chi connectivity index (χ0v) is 13.1. The Hall–Kier alpha value is -2.64. The largest absolute Gasteiger partial charge is 0.490 e. The molecule has 0 aliphatic heterocycles. The average Bonchev–Trinajstić information content (AvgIpc) is 2.98. The highest BCUT2D eigenvalue weighted by atomic mass is 35.5. The van der Waals surface area contributed by atoms with Crippen molar-refractivity contribution < 1.29 is 19.1 Å². The van der Waals surface area contributed by atoms with Crippen LogP contribution in [-0.4, -0.2) is 27.3 Å². The number of nitrogens with zero attached hydrogens (tertiary/aromatic N) is 2. The van der Waals surface area contributed by atoms with Gasteiger partial charge in [-0.2, -0.15) is 0 Å². The van der Waals surface area contributed by atoms with Crippen molar-refractivity contribution in [1.82, 2.24) is 15.0 Å². The van der Waals surface area contributed by atoms with Crippen molar-refractivity contribution >= 4 is 28.4 Å². The molecule has 0 bridgehead atoms. The number of hydrogen-bond donors (Lipinski definition) is 2. The van der Waals surface area contributed by atoms with Crippen molar-refractivity contribution in [2.45, 2.75) is 6.54 Å². The van der Waals surface area contributed by atoms with E-state index in [0.717, 1.165) is 10.9 Å². The molecule has 124 valence electrons. The van der Waals surface area contributed by atoms with E-state index in [4.69, 9.17) is 21.5 Å². The minimum atomic E-state index is -0.681. The number of aromatic nitrogens is 2. The monoisotopic (exact) mass is 349 g/mol. The Morgan fingerprint density at radius 2 is 2.21 bits per heavy atom. The number of carbonyl (C=O) groups excluding carboxylic acids is 1. The minimum absolute atomic E-state index is 0.104. The van der Waals surface area contributed by atoms with Crippen LogP contribution in [0.3, 0.4) is 0 Å². The Morgan fingerprint density at radius 3 is 2.96 bits per heavy atom. The third-order valence-electron chi connectivity index (χ3n) is 3.47. The van der Waals surface area contributed by atoms with E-state index in [1.54, 1.807) is 17.7 Å². The van der Waals surface area contributed by atoms with Crippen LogP contribution >= 0.6 is 11.6 Å². The van der Waals surface area contributed by atoms with Crippen molar-refractivity contribution in [3.63, 3.8) is 0 Å². The number of hydroxylamine groups is 1. The Morgan fingerprint density at radius 1 is 1.38 bits per heavy atom. The molecule has 3 rings (SSSR count). The Labute approximate surface area is 141 Å². The number of hydrogen-bond acceptors (Lipinski definition) is 4. The molecule has 0 saturated carbocycles. The number of carbonyl (C=O) groups is 1. The molecule has 6 nitrogen and oxygen atoms in total. The molecule has 2 aromatic heterocycles. The lowest BCUT2D eigenvalue weighted by atomic mass is 10.2. The van der Waals surface area contributed by atoms with Gasteiger partial charge in [0, 0.05) is 17.8 Å². The van der Waals surface area contributed by atoms with Gasteiger partial charge >= 0.3 is 0 Å². The van der Waals surface area contributed by atoms with Crippen LogP contribution in [0.25, 0.3) is 10.9 Å². The van der Waals surface area contributed by atoms with Gasteiger partial charge in [0.1, 0.15) is 23.9 Å². The molecule has 8 heteroatoms. The molecule has 0 atom stereocenters. The number of amides is 1. The van der Waals surface area contributed by atoms with Crippen molar-refractivity contribution in [3.8, 4) is 5.75 Å². The molecular formula is C16H13ClFN3O3. The van der Waals surface area contributed by atoms with Gasteiger partial charge in [-0.15, -0.1) is 0 Å². The first kappa shape index (κ1) is 16.2. The molecule has 0 aliphatic rings. The predicted molar refractivity (Wildman–Crippen MR) is 85.9 cm³/mol. The third-order valence-corrected chi connectivity index (χ3v) is 3.77. The summed E-state index contributed by atoms with van der Waals surface area (Å²) in [5, 5.41) is 9.75. The first-order valence-electron chi connectivity index (χ1n) is 7.05. The molecule has 3 aromatic rings. The van der Waals surface area contributed by atoms with Crippen LogP contribution in [0.2, 0.25) is 5.02 Å². The van der Waals surface area contributed by atoms with Crippen LogP contribution in [0.15, 0.2) is 42.7 Å². The zero-order valence-electron chi connectivity index (χ0n) is 12.4. The van der Waals surface area contributed by atoms with E-state index in [2.05, 4.69) is 4.98 Å². The van der Waals surface area contributed by atoms with Gasteiger partial charge in [-0.3, -0.25) is 15.0 Å². The fourth-order valence-electron chi connectivity index (χ4n) is 2.31. The lowest BCUT2D eigenvalue weighted by molar-refractivity contribution is 0.0701. The third kappa shape index (κ3) is 3.32. The van der Waals surface area contributed by atoms with Gasteiger partial charge in [0.2, 0.25) is 0 Å². The highest BCUT2D eigenvalue weighted by molar-refractivity contribution is 6.32. The molecule has 0 aliphatic carbocycles. The molecule has 0 fully saturated rings. The van der Waals surface area contributed by atoms with Gasteiger partial charge < -0.3 is 9.30 Å². The standard InChI is InChI=1S/C16H13ClFN3O3/c17-12-7-11(18)1-2-15(12)24-6-5-21-4-3-10-9-19-13(8-14(10)21)16(22)20-23/h1-4,7-9,23H,5-6H2,(H,20,22). The number of halogens is 2. The maximum Gasteiger partial charge on any atom is 0.293 e. The number of benzene rings is 1. The van der Waals surface area contributed by atoms with Gasteiger partial charge in [-0.25, -0.2) is 9.87 Å². The summed E-state index contributed by atoms with van der Waals surface area (Å²) in [6, 6.07) is 7.36. The summed E-state index contributed by atoms with van der Waals surface area (Å²) >= 11 is 5.91. The Bertz CT molecular complexity index is 897. The molecule has 2 N–H and O–H groups in total. The predicted octanol–water partition coefficient (Wildman–Crippen LogP) is 3.03. The van der Waals surface area contributed by atoms with Crippen molar-refractivity contribution in [2.24, 2.45) is 0 Å². The van der Waals surface area contributed by atoms with Crippen LogP contribution in [0.1, 0.15) is 10.5 Å². The molecule has 2 heterocycles. The minimum Gasteiger partial charge on any atom is -0.490 e. The van der Waals surface area contributed by atoms with Crippen LogP contribution in [0.4, 0.5) is 4.39 Å². The maximum absolute atomic E-state index is 13.0. The lowest BCUT2D eigenvalue weighted by Crippen LogP contribution is -2.19. The fraction of sp³-hybridized carbons (Fsp3) is 0.125. The molecule has 24 heavy (non-hydrogen) atoms. The fourth-order valence-corrected chi connectivity index (χ4v) is 2.53. The highest BCUT2D eigenvalue weighted by Crippen LogP contribution is 2.25. The van der Waals surface area contributed by atoms with Crippen molar-refractivity contribution in [3.05, 3.63) is 59.3 Å². The molecule has 0 unspecified atom stereocenters. The van der Waals surface area contributed by atoms with E-state index < -0.39 is 11.7 Å². The van der Waals surface area contributed by atoms with E-state index in [1.165, 1.54) is 18.2 Å². The first-order valence-corrected chi connectivity index (χ1v) is 7.43. The Kier molecular flexibility index (Phi) is 4.64. The second kappa shape index (κ2) is 6.86. The average molecular weight is 350 g/mol. The van der Waals surface area contributed by atoms with Crippen LogP contribution in [0, 0.1) is 5.82 Å².